The highest BCUT2D eigenvalue weighted by atomic mass is 35.5. The summed E-state index contributed by atoms with van der Waals surface area (Å²) in [6.45, 7) is 3.82. The number of ether oxygens (including phenoxy) is 1. The molecule has 24 heavy (non-hydrogen) atoms. The first kappa shape index (κ1) is 19.1. The number of rotatable bonds is 5. The molecule has 0 spiro atoms. The topological polar surface area (TPSA) is 87.0 Å². The van der Waals surface area contributed by atoms with Gasteiger partial charge in [0.05, 0.1) is 11.2 Å². The van der Waals surface area contributed by atoms with Crippen LogP contribution in [0.5, 0.6) is 17.2 Å². The second kappa shape index (κ2) is 7.34. The highest BCUT2D eigenvalue weighted by molar-refractivity contribution is 7.50. The average Bonchev–Trinajstić information content (AvgIpc) is 2.44. The Hall–Kier alpha value is -1.23. The Morgan fingerprint density at radius 3 is 2.25 bits per heavy atom. The summed E-state index contributed by atoms with van der Waals surface area (Å²) >= 11 is 12.4. The van der Waals surface area contributed by atoms with Gasteiger partial charge in [-0.05, 0) is 29.2 Å². The zero-order valence-electron chi connectivity index (χ0n) is 13.0. The Balaban J connectivity index is 2.27. The summed E-state index contributed by atoms with van der Waals surface area (Å²) in [5.74, 6) is 0.322. The van der Waals surface area contributed by atoms with Crippen LogP contribution in [-0.2, 0) is 10.7 Å². The van der Waals surface area contributed by atoms with Crippen molar-refractivity contribution in [2.75, 3.05) is 0 Å². The summed E-state index contributed by atoms with van der Waals surface area (Å²) in [6, 6.07) is 7.65. The molecule has 0 unspecified atom stereocenters. The van der Waals surface area contributed by atoms with Gasteiger partial charge in [0.15, 0.2) is 11.5 Å². The Morgan fingerprint density at radius 1 is 1.17 bits per heavy atom. The fraction of sp³-hybridized carbons (Fsp3) is 0.250. The van der Waals surface area contributed by atoms with Gasteiger partial charge in [-0.25, -0.2) is 0 Å². The van der Waals surface area contributed by atoms with E-state index >= 15 is 0 Å². The van der Waals surface area contributed by atoms with E-state index in [1.54, 1.807) is 12.1 Å². The molecule has 2 aromatic rings. The molecule has 0 radical (unpaired) electrons. The molecule has 2 aromatic carbocycles. The molecule has 2 rings (SSSR count). The number of benzene rings is 2. The monoisotopic (exact) mass is 390 g/mol. The molecule has 5 nitrogen and oxygen atoms in total. The highest BCUT2D eigenvalue weighted by Gasteiger charge is 2.19. The lowest BCUT2D eigenvalue weighted by atomic mass is 10.0. The first-order valence-electron chi connectivity index (χ1n) is 7.10. The van der Waals surface area contributed by atoms with Gasteiger partial charge < -0.3 is 19.6 Å². The van der Waals surface area contributed by atoms with Crippen molar-refractivity contribution in [2.24, 2.45) is 0 Å². The third-order valence-electron chi connectivity index (χ3n) is 3.31. The normalized spacial score (nSPS) is 11.8. The SMILES string of the molecule is CC(C)c1c(Cl)cc(Oc2ccc(CP(=O)(O)O)cc2)c(O)c1Cl. The predicted octanol–water partition coefficient (Wildman–Crippen LogP) is 5.29. The minimum atomic E-state index is -4.12. The third kappa shape index (κ3) is 4.65. The van der Waals surface area contributed by atoms with Crippen molar-refractivity contribution < 1.29 is 24.2 Å². The van der Waals surface area contributed by atoms with Crippen molar-refractivity contribution >= 4 is 30.8 Å². The molecule has 130 valence electrons. The molecule has 0 amide bonds. The van der Waals surface area contributed by atoms with Crippen LogP contribution < -0.4 is 4.74 Å². The largest absolute Gasteiger partial charge is 0.503 e. The molecular formula is C16H17Cl2O5P. The van der Waals surface area contributed by atoms with Crippen molar-refractivity contribution in [2.45, 2.75) is 25.9 Å². The second-order valence-corrected chi connectivity index (χ2v) is 8.09. The number of hydrogen-bond acceptors (Lipinski definition) is 3. The highest BCUT2D eigenvalue weighted by Crippen LogP contribution is 2.45. The molecule has 0 saturated heterocycles. The zero-order chi connectivity index (χ0) is 18.1. The van der Waals surface area contributed by atoms with Crippen LogP contribution in [0.15, 0.2) is 30.3 Å². The van der Waals surface area contributed by atoms with Crippen LogP contribution in [-0.4, -0.2) is 14.9 Å². The van der Waals surface area contributed by atoms with E-state index in [0.29, 0.717) is 21.9 Å². The van der Waals surface area contributed by atoms with E-state index in [1.165, 1.54) is 18.2 Å². The van der Waals surface area contributed by atoms with E-state index in [0.717, 1.165) is 0 Å². The van der Waals surface area contributed by atoms with Crippen LogP contribution in [0.3, 0.4) is 0 Å². The summed E-state index contributed by atoms with van der Waals surface area (Å²) in [5, 5.41) is 10.7. The molecule has 0 atom stereocenters. The Kier molecular flexibility index (Phi) is 5.84. The van der Waals surface area contributed by atoms with Gasteiger partial charge >= 0.3 is 7.60 Å². The summed E-state index contributed by atoms with van der Waals surface area (Å²) in [4.78, 5) is 17.9. The van der Waals surface area contributed by atoms with Crippen molar-refractivity contribution in [3.63, 3.8) is 0 Å². The lowest BCUT2D eigenvalue weighted by Gasteiger charge is -2.16. The van der Waals surface area contributed by atoms with Gasteiger partial charge in [-0.15, -0.1) is 0 Å². The number of phenols is 1. The van der Waals surface area contributed by atoms with Gasteiger partial charge in [-0.2, -0.15) is 0 Å². The molecule has 8 heteroatoms. The molecule has 0 fully saturated rings. The standard InChI is InChI=1S/C16H17Cl2O5P/c1-9(2)14-12(17)7-13(16(19)15(14)18)23-11-5-3-10(4-6-11)8-24(20,21)22/h3-7,9,19H,8H2,1-2H3,(H2,20,21,22). The van der Waals surface area contributed by atoms with Gasteiger partial charge in [0, 0.05) is 11.1 Å². The van der Waals surface area contributed by atoms with Crippen LogP contribution >= 0.6 is 30.8 Å². The second-order valence-electron chi connectivity index (χ2n) is 5.66. The predicted molar refractivity (Wildman–Crippen MR) is 94.5 cm³/mol. The Morgan fingerprint density at radius 2 is 1.75 bits per heavy atom. The van der Waals surface area contributed by atoms with Gasteiger partial charge in [0.2, 0.25) is 0 Å². The minimum Gasteiger partial charge on any atom is -0.503 e. The zero-order valence-corrected chi connectivity index (χ0v) is 15.4. The molecule has 0 aliphatic rings. The van der Waals surface area contributed by atoms with E-state index in [1.807, 2.05) is 13.8 Å². The smallest absolute Gasteiger partial charge is 0.329 e. The van der Waals surface area contributed by atoms with E-state index in [2.05, 4.69) is 0 Å². The van der Waals surface area contributed by atoms with Crippen LogP contribution in [0.25, 0.3) is 0 Å². The first-order chi connectivity index (χ1) is 11.1. The van der Waals surface area contributed by atoms with Gasteiger partial charge in [-0.3, -0.25) is 4.57 Å². The van der Waals surface area contributed by atoms with Crippen molar-refractivity contribution in [3.05, 3.63) is 51.5 Å². The lowest BCUT2D eigenvalue weighted by molar-refractivity contribution is 0.371. The molecule has 0 heterocycles. The molecular weight excluding hydrogens is 374 g/mol. The van der Waals surface area contributed by atoms with E-state index in [4.69, 9.17) is 37.7 Å². The number of hydrogen-bond donors (Lipinski definition) is 3. The maximum atomic E-state index is 11.0. The van der Waals surface area contributed by atoms with E-state index in [9.17, 15) is 9.67 Å². The van der Waals surface area contributed by atoms with Crippen LogP contribution in [0, 0.1) is 0 Å². The van der Waals surface area contributed by atoms with Gasteiger partial charge in [0.25, 0.3) is 0 Å². The molecule has 0 aromatic heterocycles. The van der Waals surface area contributed by atoms with Gasteiger partial charge in [-0.1, -0.05) is 49.2 Å². The third-order valence-corrected chi connectivity index (χ3v) is 4.78. The molecule has 0 aliphatic heterocycles. The van der Waals surface area contributed by atoms with E-state index < -0.39 is 7.60 Å². The summed E-state index contributed by atoms with van der Waals surface area (Å²) in [7, 11) is -4.12. The van der Waals surface area contributed by atoms with Crippen LogP contribution in [0.4, 0.5) is 0 Å². The maximum Gasteiger partial charge on any atom is 0.329 e. The fourth-order valence-electron chi connectivity index (χ4n) is 2.24. The van der Waals surface area contributed by atoms with Gasteiger partial charge in [0.1, 0.15) is 5.75 Å². The molecule has 0 bridgehead atoms. The summed E-state index contributed by atoms with van der Waals surface area (Å²) in [5.41, 5.74) is 1.12. The van der Waals surface area contributed by atoms with Crippen LogP contribution in [0.1, 0.15) is 30.9 Å². The molecule has 0 aliphatic carbocycles. The quantitative estimate of drug-likeness (QED) is 0.603. The van der Waals surface area contributed by atoms with Crippen molar-refractivity contribution in [3.8, 4) is 17.2 Å². The Labute approximate surface area is 150 Å². The Bertz CT molecular complexity index is 784. The first-order valence-corrected chi connectivity index (χ1v) is 9.66. The number of phenolic OH excluding ortho intramolecular Hbond substituents is 1. The molecule has 0 saturated carbocycles. The van der Waals surface area contributed by atoms with Crippen molar-refractivity contribution in [1.29, 1.82) is 0 Å². The minimum absolute atomic E-state index is 0.0388. The average molecular weight is 391 g/mol. The summed E-state index contributed by atoms with van der Waals surface area (Å²) < 4.78 is 16.6. The molecule has 3 N–H and O–H groups in total. The lowest BCUT2D eigenvalue weighted by Crippen LogP contribution is -1.94. The summed E-state index contributed by atoms with van der Waals surface area (Å²) in [6.07, 6.45) is -0.348. The van der Waals surface area contributed by atoms with E-state index in [-0.39, 0.29) is 28.6 Å². The van der Waals surface area contributed by atoms with Crippen LogP contribution in [0.2, 0.25) is 10.0 Å². The fourth-order valence-corrected chi connectivity index (χ4v) is 3.80. The van der Waals surface area contributed by atoms with Crippen molar-refractivity contribution in [1.82, 2.24) is 0 Å². The number of aromatic hydroxyl groups is 1. The number of halogens is 2. The maximum absolute atomic E-state index is 11.0.